The highest BCUT2D eigenvalue weighted by Gasteiger charge is 2.13. The van der Waals surface area contributed by atoms with Crippen LogP contribution in [-0.2, 0) is 0 Å². The minimum atomic E-state index is -1.04. The molecule has 1 heterocycles. The number of carbonyl (C=O) groups is 2. The summed E-state index contributed by atoms with van der Waals surface area (Å²) in [6.07, 6.45) is 0. The number of hydrogen-bond acceptors (Lipinski definition) is 4. The van der Waals surface area contributed by atoms with Crippen LogP contribution >= 0.6 is 0 Å². The molecule has 98 valence electrons. The van der Waals surface area contributed by atoms with Crippen molar-refractivity contribution in [2.24, 2.45) is 0 Å². The van der Waals surface area contributed by atoms with E-state index in [1.165, 1.54) is 6.07 Å². The number of rotatable bonds is 3. The number of aromatic carboxylic acids is 1. The van der Waals surface area contributed by atoms with Crippen LogP contribution in [0.5, 0.6) is 0 Å². The molecular weight excluding hydrogens is 248 g/mol. The standard InChI is InChI=1S/C12H12N4O3/c1-6-3-4-8(5-9(6)12(18)19)14-11(17)10-13-7(2)15-16-10/h3-5H,1-2H3,(H,14,17)(H,18,19)(H,13,15,16). The minimum absolute atomic E-state index is 0.00921. The second-order valence-corrected chi connectivity index (χ2v) is 4.03. The summed E-state index contributed by atoms with van der Waals surface area (Å²) in [6.45, 7) is 3.37. The van der Waals surface area contributed by atoms with E-state index in [0.29, 0.717) is 17.1 Å². The first-order valence-electron chi connectivity index (χ1n) is 5.51. The van der Waals surface area contributed by atoms with Gasteiger partial charge < -0.3 is 10.4 Å². The van der Waals surface area contributed by atoms with Crippen molar-refractivity contribution in [2.75, 3.05) is 5.32 Å². The summed E-state index contributed by atoms with van der Waals surface area (Å²) in [4.78, 5) is 26.7. The summed E-state index contributed by atoms with van der Waals surface area (Å²) in [5.41, 5.74) is 1.15. The predicted molar refractivity (Wildman–Crippen MR) is 67.2 cm³/mol. The largest absolute Gasteiger partial charge is 0.478 e. The zero-order valence-corrected chi connectivity index (χ0v) is 10.4. The Bertz CT molecular complexity index is 648. The molecule has 2 rings (SSSR count). The Balaban J connectivity index is 2.22. The number of benzene rings is 1. The lowest BCUT2D eigenvalue weighted by molar-refractivity contribution is 0.0695. The molecule has 0 fully saturated rings. The number of aromatic nitrogens is 3. The Morgan fingerprint density at radius 2 is 2.05 bits per heavy atom. The van der Waals surface area contributed by atoms with E-state index in [1.54, 1.807) is 26.0 Å². The molecule has 0 spiro atoms. The number of carboxylic acids is 1. The molecule has 2 aromatic rings. The molecule has 1 aromatic carbocycles. The average Bonchev–Trinajstić information content (AvgIpc) is 2.78. The van der Waals surface area contributed by atoms with Crippen molar-refractivity contribution in [3.05, 3.63) is 41.0 Å². The van der Waals surface area contributed by atoms with Crippen molar-refractivity contribution >= 4 is 17.6 Å². The number of H-pyrrole nitrogens is 1. The van der Waals surface area contributed by atoms with Crippen molar-refractivity contribution in [3.8, 4) is 0 Å². The van der Waals surface area contributed by atoms with Gasteiger partial charge in [-0.05, 0) is 31.5 Å². The molecule has 19 heavy (non-hydrogen) atoms. The Kier molecular flexibility index (Phi) is 3.28. The van der Waals surface area contributed by atoms with Crippen LogP contribution < -0.4 is 5.32 Å². The molecule has 7 heteroatoms. The third kappa shape index (κ3) is 2.76. The lowest BCUT2D eigenvalue weighted by atomic mass is 10.1. The summed E-state index contributed by atoms with van der Waals surface area (Å²) in [7, 11) is 0. The van der Waals surface area contributed by atoms with Crippen LogP contribution in [0.25, 0.3) is 0 Å². The average molecular weight is 260 g/mol. The predicted octanol–water partition coefficient (Wildman–Crippen LogP) is 1.37. The third-order valence-corrected chi connectivity index (χ3v) is 2.53. The van der Waals surface area contributed by atoms with Gasteiger partial charge in [0.05, 0.1) is 5.56 Å². The molecular formula is C12H12N4O3. The molecule has 0 radical (unpaired) electrons. The molecule has 0 aliphatic carbocycles. The van der Waals surface area contributed by atoms with Crippen LogP contribution in [0.3, 0.4) is 0 Å². The van der Waals surface area contributed by atoms with E-state index in [2.05, 4.69) is 20.5 Å². The molecule has 0 saturated heterocycles. The normalized spacial score (nSPS) is 10.2. The van der Waals surface area contributed by atoms with Gasteiger partial charge in [0.25, 0.3) is 5.91 Å². The molecule has 0 atom stereocenters. The minimum Gasteiger partial charge on any atom is -0.478 e. The van der Waals surface area contributed by atoms with E-state index in [4.69, 9.17) is 5.11 Å². The number of anilines is 1. The number of aromatic amines is 1. The molecule has 3 N–H and O–H groups in total. The maximum absolute atomic E-state index is 11.8. The van der Waals surface area contributed by atoms with Gasteiger partial charge in [-0.1, -0.05) is 6.07 Å². The Morgan fingerprint density at radius 1 is 1.32 bits per heavy atom. The maximum Gasteiger partial charge on any atom is 0.336 e. The number of carbonyl (C=O) groups excluding carboxylic acids is 1. The van der Waals surface area contributed by atoms with Crippen LogP contribution in [0.4, 0.5) is 5.69 Å². The summed E-state index contributed by atoms with van der Waals surface area (Å²) in [5, 5.41) is 17.8. The van der Waals surface area contributed by atoms with Crippen LogP contribution in [-0.4, -0.2) is 32.2 Å². The number of amides is 1. The van der Waals surface area contributed by atoms with Crippen LogP contribution in [0, 0.1) is 13.8 Å². The first-order chi connectivity index (χ1) is 8.97. The molecule has 1 aromatic heterocycles. The van der Waals surface area contributed by atoms with E-state index >= 15 is 0 Å². The van der Waals surface area contributed by atoms with Gasteiger partial charge in [-0.2, -0.15) is 0 Å². The number of hydrogen-bond donors (Lipinski definition) is 3. The zero-order valence-electron chi connectivity index (χ0n) is 10.4. The lowest BCUT2D eigenvalue weighted by Gasteiger charge is -2.06. The number of carboxylic acid groups (broad SMARTS) is 1. The van der Waals surface area contributed by atoms with Gasteiger partial charge in [-0.15, -0.1) is 5.10 Å². The van der Waals surface area contributed by atoms with E-state index in [1.807, 2.05) is 0 Å². The highest BCUT2D eigenvalue weighted by atomic mass is 16.4. The Morgan fingerprint density at radius 3 is 2.63 bits per heavy atom. The van der Waals surface area contributed by atoms with Gasteiger partial charge >= 0.3 is 5.97 Å². The molecule has 0 aliphatic heterocycles. The van der Waals surface area contributed by atoms with Crippen molar-refractivity contribution in [3.63, 3.8) is 0 Å². The highest BCUT2D eigenvalue weighted by Crippen LogP contribution is 2.15. The van der Waals surface area contributed by atoms with Crippen molar-refractivity contribution in [1.29, 1.82) is 0 Å². The topological polar surface area (TPSA) is 108 Å². The fourth-order valence-corrected chi connectivity index (χ4v) is 1.56. The maximum atomic E-state index is 11.8. The summed E-state index contributed by atoms with van der Waals surface area (Å²) >= 11 is 0. The quantitative estimate of drug-likeness (QED) is 0.772. The molecule has 0 bridgehead atoms. The highest BCUT2D eigenvalue weighted by molar-refractivity contribution is 6.02. The third-order valence-electron chi connectivity index (χ3n) is 2.53. The van der Waals surface area contributed by atoms with Crippen LogP contribution in [0.15, 0.2) is 18.2 Å². The monoisotopic (exact) mass is 260 g/mol. The summed E-state index contributed by atoms with van der Waals surface area (Å²) in [6, 6.07) is 4.65. The number of aryl methyl sites for hydroxylation is 2. The molecule has 0 saturated carbocycles. The summed E-state index contributed by atoms with van der Waals surface area (Å²) < 4.78 is 0. The number of nitrogens with zero attached hydrogens (tertiary/aromatic N) is 2. The lowest BCUT2D eigenvalue weighted by Crippen LogP contribution is -2.14. The van der Waals surface area contributed by atoms with Gasteiger partial charge in [0, 0.05) is 5.69 Å². The van der Waals surface area contributed by atoms with E-state index in [-0.39, 0.29) is 11.4 Å². The van der Waals surface area contributed by atoms with E-state index in [0.717, 1.165) is 0 Å². The fourth-order valence-electron chi connectivity index (χ4n) is 1.56. The molecule has 1 amide bonds. The molecule has 0 unspecified atom stereocenters. The Labute approximate surface area is 108 Å². The van der Waals surface area contributed by atoms with Gasteiger partial charge in [-0.25, -0.2) is 9.78 Å². The SMILES string of the molecule is Cc1nc(C(=O)Nc2ccc(C)c(C(=O)O)c2)n[nH]1. The van der Waals surface area contributed by atoms with E-state index < -0.39 is 11.9 Å². The van der Waals surface area contributed by atoms with Crippen LogP contribution in [0.1, 0.15) is 32.4 Å². The summed E-state index contributed by atoms with van der Waals surface area (Å²) in [5.74, 6) is -0.998. The van der Waals surface area contributed by atoms with Crippen molar-refractivity contribution in [2.45, 2.75) is 13.8 Å². The number of nitrogens with one attached hydrogen (secondary N) is 2. The van der Waals surface area contributed by atoms with Crippen molar-refractivity contribution in [1.82, 2.24) is 15.2 Å². The molecule has 0 aliphatic rings. The van der Waals surface area contributed by atoms with Crippen LogP contribution in [0.2, 0.25) is 0 Å². The molecule has 7 nitrogen and oxygen atoms in total. The smallest absolute Gasteiger partial charge is 0.336 e. The van der Waals surface area contributed by atoms with Crippen molar-refractivity contribution < 1.29 is 14.7 Å². The Hall–Kier alpha value is -2.70. The zero-order chi connectivity index (χ0) is 14.0. The van der Waals surface area contributed by atoms with Gasteiger partial charge in [-0.3, -0.25) is 9.89 Å². The fraction of sp³-hybridized carbons (Fsp3) is 0.167. The first-order valence-corrected chi connectivity index (χ1v) is 5.51. The van der Waals surface area contributed by atoms with Gasteiger partial charge in [0.1, 0.15) is 5.82 Å². The second-order valence-electron chi connectivity index (χ2n) is 4.03. The second kappa shape index (κ2) is 4.89. The van der Waals surface area contributed by atoms with Gasteiger partial charge in [0.15, 0.2) is 0 Å². The van der Waals surface area contributed by atoms with Gasteiger partial charge in [0.2, 0.25) is 5.82 Å². The first kappa shape index (κ1) is 12.7. The van der Waals surface area contributed by atoms with E-state index in [9.17, 15) is 9.59 Å².